The van der Waals surface area contributed by atoms with E-state index < -0.39 is 29.5 Å². The summed E-state index contributed by atoms with van der Waals surface area (Å²) in [4.78, 5) is 39.2. The van der Waals surface area contributed by atoms with Crippen LogP contribution in [-0.4, -0.2) is 34.6 Å². The number of ether oxygens (including phenoxy) is 1. The second kappa shape index (κ2) is 9.90. The molecule has 1 N–H and O–H groups in total. The number of nitrogens with zero attached hydrogens (tertiary/aromatic N) is 2. The lowest BCUT2D eigenvalue weighted by atomic mass is 10.1. The molecule has 2 amide bonds. The lowest BCUT2D eigenvalue weighted by Crippen LogP contribution is -2.54. The van der Waals surface area contributed by atoms with Crippen molar-refractivity contribution >= 4 is 46.9 Å². The molecule has 0 atom stereocenters. The van der Waals surface area contributed by atoms with Crippen LogP contribution in [0.2, 0.25) is 0 Å². The van der Waals surface area contributed by atoms with Crippen LogP contribution in [0.1, 0.15) is 38.4 Å². The van der Waals surface area contributed by atoms with Gasteiger partial charge in [-0.3, -0.25) is 19.8 Å². The summed E-state index contributed by atoms with van der Waals surface area (Å²) in [6, 6.07) is 11.1. The van der Waals surface area contributed by atoms with Crippen LogP contribution in [0, 0.1) is 20.8 Å². The number of esters is 1. The smallest absolute Gasteiger partial charge is 0.416 e. The molecule has 4 rings (SSSR count). The molecule has 11 heteroatoms. The summed E-state index contributed by atoms with van der Waals surface area (Å²) >= 11 is 5.11. The van der Waals surface area contributed by atoms with Gasteiger partial charge in [0.1, 0.15) is 5.57 Å². The molecule has 0 radical (unpaired) electrons. The summed E-state index contributed by atoms with van der Waals surface area (Å²) in [5, 5.41) is 2.06. The SMILES string of the molecule is COC(=O)c1cccc(-n2c(C)cc(/C=C3\C(=O)NC(=S)N(c4cccc(C(F)(F)F)c4)C3=O)c2C)c1C. The number of methoxy groups -OCH3 is 1. The number of rotatable bonds is 4. The highest BCUT2D eigenvalue weighted by molar-refractivity contribution is 7.80. The number of thiocarbonyl (C=S) groups is 1. The number of hydrogen-bond donors (Lipinski definition) is 1. The molecule has 2 heterocycles. The van der Waals surface area contributed by atoms with Crippen molar-refractivity contribution in [3.8, 4) is 5.69 Å². The van der Waals surface area contributed by atoms with Crippen molar-refractivity contribution in [3.05, 3.63) is 87.7 Å². The molecule has 3 aromatic rings. The van der Waals surface area contributed by atoms with Gasteiger partial charge in [-0.15, -0.1) is 0 Å². The molecule has 0 bridgehead atoms. The van der Waals surface area contributed by atoms with Crippen LogP contribution in [0.25, 0.3) is 11.8 Å². The molecular formula is C27H22F3N3O4S. The van der Waals surface area contributed by atoms with Gasteiger partial charge in [-0.1, -0.05) is 12.1 Å². The third-order valence-electron chi connectivity index (χ3n) is 6.25. The van der Waals surface area contributed by atoms with Crippen LogP contribution in [0.15, 0.2) is 54.1 Å². The van der Waals surface area contributed by atoms with E-state index >= 15 is 0 Å². The highest BCUT2D eigenvalue weighted by Crippen LogP contribution is 2.33. The number of alkyl halides is 3. The van der Waals surface area contributed by atoms with E-state index in [2.05, 4.69) is 5.32 Å². The monoisotopic (exact) mass is 541 g/mol. The maximum atomic E-state index is 13.4. The fourth-order valence-corrected chi connectivity index (χ4v) is 4.65. The molecule has 38 heavy (non-hydrogen) atoms. The quantitative estimate of drug-likeness (QED) is 0.217. The van der Waals surface area contributed by atoms with E-state index in [0.717, 1.165) is 28.8 Å². The van der Waals surface area contributed by atoms with E-state index in [4.69, 9.17) is 17.0 Å². The Morgan fingerprint density at radius 3 is 2.39 bits per heavy atom. The third kappa shape index (κ3) is 4.72. The zero-order valence-corrected chi connectivity index (χ0v) is 21.6. The highest BCUT2D eigenvalue weighted by atomic mass is 32.1. The maximum absolute atomic E-state index is 13.4. The summed E-state index contributed by atoms with van der Waals surface area (Å²) in [6.45, 7) is 5.39. The van der Waals surface area contributed by atoms with Crippen LogP contribution in [-0.2, 0) is 20.5 Å². The van der Waals surface area contributed by atoms with E-state index in [-0.39, 0.29) is 16.4 Å². The van der Waals surface area contributed by atoms with Gasteiger partial charge < -0.3 is 9.30 Å². The van der Waals surface area contributed by atoms with Gasteiger partial charge in [-0.05, 0) is 86.6 Å². The van der Waals surface area contributed by atoms with Crippen LogP contribution in [0.3, 0.4) is 0 Å². The van der Waals surface area contributed by atoms with Crippen molar-refractivity contribution in [2.45, 2.75) is 26.9 Å². The Morgan fingerprint density at radius 2 is 1.74 bits per heavy atom. The number of amides is 2. The highest BCUT2D eigenvalue weighted by Gasteiger charge is 2.37. The predicted molar refractivity (Wildman–Crippen MR) is 139 cm³/mol. The van der Waals surface area contributed by atoms with E-state index in [1.54, 1.807) is 32.0 Å². The molecular weight excluding hydrogens is 519 g/mol. The maximum Gasteiger partial charge on any atom is 0.416 e. The van der Waals surface area contributed by atoms with Crippen molar-refractivity contribution < 1.29 is 32.3 Å². The van der Waals surface area contributed by atoms with Crippen LogP contribution in [0.5, 0.6) is 0 Å². The zero-order chi connectivity index (χ0) is 27.9. The number of hydrogen-bond acceptors (Lipinski definition) is 5. The Balaban J connectivity index is 1.78. The molecule has 196 valence electrons. The number of benzene rings is 2. The molecule has 1 aliphatic rings. The molecule has 1 aromatic heterocycles. The van der Waals surface area contributed by atoms with Crippen molar-refractivity contribution in [1.82, 2.24) is 9.88 Å². The number of nitrogens with one attached hydrogen (secondary N) is 1. The van der Waals surface area contributed by atoms with Gasteiger partial charge in [-0.25, -0.2) is 4.79 Å². The molecule has 0 unspecified atom stereocenters. The lowest BCUT2D eigenvalue weighted by molar-refractivity contribution is -0.137. The van der Waals surface area contributed by atoms with Gasteiger partial charge in [0.05, 0.1) is 23.9 Å². The Hall–Kier alpha value is -4.25. The summed E-state index contributed by atoms with van der Waals surface area (Å²) in [6.07, 6.45) is -3.25. The average molecular weight is 542 g/mol. The molecule has 2 aromatic carbocycles. The molecule has 1 aliphatic heterocycles. The Morgan fingerprint density at radius 1 is 1.05 bits per heavy atom. The van der Waals surface area contributed by atoms with Gasteiger partial charge in [0.15, 0.2) is 5.11 Å². The van der Waals surface area contributed by atoms with Crippen molar-refractivity contribution in [3.63, 3.8) is 0 Å². The van der Waals surface area contributed by atoms with Crippen molar-refractivity contribution in [1.29, 1.82) is 0 Å². The van der Waals surface area contributed by atoms with Gasteiger partial charge in [0.25, 0.3) is 11.8 Å². The van der Waals surface area contributed by atoms with E-state index in [0.29, 0.717) is 28.1 Å². The van der Waals surface area contributed by atoms with Crippen molar-refractivity contribution in [2.24, 2.45) is 0 Å². The van der Waals surface area contributed by atoms with E-state index in [9.17, 15) is 27.6 Å². The molecule has 0 aliphatic carbocycles. The first-order chi connectivity index (χ1) is 17.8. The second-order valence-electron chi connectivity index (χ2n) is 8.61. The average Bonchev–Trinajstić information content (AvgIpc) is 3.13. The Labute approximate surface area is 221 Å². The van der Waals surface area contributed by atoms with Crippen LogP contribution >= 0.6 is 12.2 Å². The van der Waals surface area contributed by atoms with Gasteiger partial charge in [-0.2, -0.15) is 13.2 Å². The van der Waals surface area contributed by atoms with Gasteiger partial charge in [0.2, 0.25) is 0 Å². The Bertz CT molecular complexity index is 1540. The minimum atomic E-state index is -4.63. The van der Waals surface area contributed by atoms with Crippen LogP contribution in [0.4, 0.5) is 18.9 Å². The lowest BCUT2D eigenvalue weighted by Gasteiger charge is -2.29. The van der Waals surface area contributed by atoms with Crippen LogP contribution < -0.4 is 10.2 Å². The second-order valence-corrected chi connectivity index (χ2v) is 9.00. The number of carbonyl (C=O) groups is 3. The number of anilines is 1. The standard InChI is InChI=1S/C27H22F3N3O4S/c1-14-11-17(16(3)32(14)22-10-6-9-20(15(22)2)25(36)37-4)12-21-23(34)31-26(38)33(24(21)35)19-8-5-7-18(13-19)27(28,29)30/h5-13H,1-4H3,(H,31,34,38)/b21-12+. The first-order valence-electron chi connectivity index (χ1n) is 11.3. The first kappa shape index (κ1) is 26.8. The molecule has 1 saturated heterocycles. The normalized spacial score (nSPS) is 15.2. The first-order valence-corrected chi connectivity index (χ1v) is 11.7. The summed E-state index contributed by atoms with van der Waals surface area (Å²) in [5.74, 6) is -2.10. The van der Waals surface area contributed by atoms with E-state index in [1.807, 2.05) is 17.6 Å². The number of aromatic nitrogens is 1. The van der Waals surface area contributed by atoms with Crippen molar-refractivity contribution in [2.75, 3.05) is 12.0 Å². The largest absolute Gasteiger partial charge is 0.465 e. The summed E-state index contributed by atoms with van der Waals surface area (Å²) < 4.78 is 46.5. The molecule has 0 spiro atoms. The summed E-state index contributed by atoms with van der Waals surface area (Å²) in [7, 11) is 1.30. The van der Waals surface area contributed by atoms with E-state index in [1.165, 1.54) is 19.3 Å². The fraction of sp³-hybridized carbons (Fsp3) is 0.185. The van der Waals surface area contributed by atoms with Gasteiger partial charge in [0, 0.05) is 17.1 Å². The molecule has 0 saturated carbocycles. The summed E-state index contributed by atoms with van der Waals surface area (Å²) in [5.41, 5.74) is 2.35. The number of halogens is 3. The predicted octanol–water partition coefficient (Wildman–Crippen LogP) is 5.04. The number of carbonyl (C=O) groups excluding carboxylic acids is 3. The zero-order valence-electron chi connectivity index (χ0n) is 20.8. The molecule has 7 nitrogen and oxygen atoms in total. The third-order valence-corrected chi connectivity index (χ3v) is 6.54. The minimum absolute atomic E-state index is 0.124. The number of aryl methyl sites for hydroxylation is 1. The molecule has 1 fully saturated rings. The minimum Gasteiger partial charge on any atom is -0.465 e. The Kier molecular flexibility index (Phi) is 6.98. The van der Waals surface area contributed by atoms with Gasteiger partial charge >= 0.3 is 12.1 Å². The fourth-order valence-electron chi connectivity index (χ4n) is 4.37. The topological polar surface area (TPSA) is 80.6 Å².